The number of rotatable bonds is 3. The van der Waals surface area contributed by atoms with Crippen molar-refractivity contribution in [3.63, 3.8) is 0 Å². The Morgan fingerprint density at radius 2 is 1.94 bits per heavy atom. The van der Waals surface area contributed by atoms with E-state index in [0.29, 0.717) is 12.2 Å². The molecule has 1 aromatic carbocycles. The number of benzene rings is 1. The lowest BCUT2D eigenvalue weighted by Gasteiger charge is -2.04. The zero-order valence-electron chi connectivity index (χ0n) is 9.04. The maximum Gasteiger partial charge on any atom is 0.196 e. The van der Waals surface area contributed by atoms with Crippen molar-refractivity contribution in [3.8, 4) is 5.69 Å². The zero-order chi connectivity index (χ0) is 12.4. The van der Waals surface area contributed by atoms with Gasteiger partial charge in [0, 0.05) is 12.7 Å². The Kier molecular flexibility index (Phi) is 3.14. The third-order valence-corrected chi connectivity index (χ3v) is 2.26. The monoisotopic (exact) mass is 241 g/mol. The molecular weight excluding hydrogens is 231 g/mol. The Morgan fingerprint density at radius 1 is 1.18 bits per heavy atom. The predicted molar refractivity (Wildman–Crippen MR) is 56.2 cm³/mol. The predicted octanol–water partition coefficient (Wildman–Crippen LogP) is 2.01. The van der Waals surface area contributed by atoms with E-state index in [1.807, 2.05) is 0 Å². The van der Waals surface area contributed by atoms with Crippen LogP contribution in [0.1, 0.15) is 5.69 Å². The van der Waals surface area contributed by atoms with Gasteiger partial charge in [-0.2, -0.15) is 5.10 Å². The summed E-state index contributed by atoms with van der Waals surface area (Å²) in [5.41, 5.74) is 0.558. The first kappa shape index (κ1) is 11.7. The second kappa shape index (κ2) is 4.58. The molecule has 0 bridgehead atoms. The summed E-state index contributed by atoms with van der Waals surface area (Å²) in [6.07, 6.45) is 1.49. The summed E-state index contributed by atoms with van der Waals surface area (Å²) in [6.45, 7) is 0.512. The first-order chi connectivity index (χ1) is 8.13. The molecule has 0 unspecified atom stereocenters. The van der Waals surface area contributed by atoms with Crippen LogP contribution in [0.2, 0.25) is 0 Å². The lowest BCUT2D eigenvalue weighted by molar-refractivity contribution is 0.443. The molecule has 1 heterocycles. The molecule has 0 radical (unpaired) electrons. The Labute approximate surface area is 95.9 Å². The smallest absolute Gasteiger partial charge is 0.196 e. The van der Waals surface area contributed by atoms with Crippen LogP contribution in [0.5, 0.6) is 0 Å². The van der Waals surface area contributed by atoms with Gasteiger partial charge in [0.1, 0.15) is 5.69 Å². The van der Waals surface area contributed by atoms with Crippen molar-refractivity contribution in [2.75, 3.05) is 7.05 Å². The molecule has 2 aromatic rings. The van der Waals surface area contributed by atoms with Crippen molar-refractivity contribution in [2.45, 2.75) is 6.54 Å². The maximum atomic E-state index is 13.5. The summed E-state index contributed by atoms with van der Waals surface area (Å²) in [4.78, 5) is 0. The number of hydrogen-bond acceptors (Lipinski definition) is 2. The van der Waals surface area contributed by atoms with Gasteiger partial charge in [0.15, 0.2) is 17.5 Å². The second-order valence-electron chi connectivity index (χ2n) is 3.48. The van der Waals surface area contributed by atoms with Gasteiger partial charge in [0.2, 0.25) is 0 Å². The summed E-state index contributed by atoms with van der Waals surface area (Å²) in [5.74, 6) is -3.95. The van der Waals surface area contributed by atoms with E-state index in [0.717, 1.165) is 12.1 Å². The molecule has 0 amide bonds. The van der Waals surface area contributed by atoms with E-state index < -0.39 is 17.5 Å². The fourth-order valence-corrected chi connectivity index (χ4v) is 1.46. The largest absolute Gasteiger partial charge is 0.314 e. The average Bonchev–Trinajstić information content (AvgIpc) is 2.75. The van der Waals surface area contributed by atoms with Crippen LogP contribution in [0.3, 0.4) is 0 Å². The molecule has 1 aromatic heterocycles. The molecule has 90 valence electrons. The lowest BCUT2D eigenvalue weighted by Crippen LogP contribution is -2.07. The molecule has 2 rings (SSSR count). The van der Waals surface area contributed by atoms with Crippen LogP contribution in [0.25, 0.3) is 5.69 Å². The molecule has 17 heavy (non-hydrogen) atoms. The van der Waals surface area contributed by atoms with E-state index in [-0.39, 0.29) is 5.69 Å². The van der Waals surface area contributed by atoms with Crippen LogP contribution in [-0.2, 0) is 6.54 Å². The van der Waals surface area contributed by atoms with Gasteiger partial charge in [-0.1, -0.05) is 0 Å². The molecule has 0 fully saturated rings. The van der Waals surface area contributed by atoms with Gasteiger partial charge in [-0.25, -0.2) is 17.9 Å². The molecule has 0 aliphatic heterocycles. The van der Waals surface area contributed by atoms with Gasteiger partial charge < -0.3 is 5.32 Å². The summed E-state index contributed by atoms with van der Waals surface area (Å²) in [5, 5.41) is 6.91. The fourth-order valence-electron chi connectivity index (χ4n) is 1.46. The van der Waals surface area contributed by atoms with E-state index in [9.17, 15) is 13.2 Å². The van der Waals surface area contributed by atoms with Gasteiger partial charge in [-0.15, -0.1) is 0 Å². The maximum absolute atomic E-state index is 13.5. The molecule has 3 nitrogen and oxygen atoms in total. The minimum Gasteiger partial charge on any atom is -0.314 e. The first-order valence-corrected chi connectivity index (χ1v) is 4.96. The van der Waals surface area contributed by atoms with Crippen LogP contribution >= 0.6 is 0 Å². The Balaban J connectivity index is 2.42. The molecule has 0 saturated heterocycles. The van der Waals surface area contributed by atoms with Crippen LogP contribution in [0, 0.1) is 17.5 Å². The SMILES string of the molecule is CNCc1ccn(-c2ccc(F)c(F)c2F)n1. The van der Waals surface area contributed by atoms with Crippen molar-refractivity contribution >= 4 is 0 Å². The van der Waals surface area contributed by atoms with Crippen molar-refractivity contribution < 1.29 is 13.2 Å². The second-order valence-corrected chi connectivity index (χ2v) is 3.48. The minimum absolute atomic E-state index is 0.119. The molecule has 0 saturated carbocycles. The molecule has 0 atom stereocenters. The van der Waals surface area contributed by atoms with Crippen LogP contribution in [-0.4, -0.2) is 16.8 Å². The molecule has 0 spiro atoms. The summed E-state index contributed by atoms with van der Waals surface area (Å²) >= 11 is 0. The molecule has 0 aliphatic rings. The third kappa shape index (κ3) is 2.16. The normalized spacial score (nSPS) is 10.8. The molecule has 6 heteroatoms. The average molecular weight is 241 g/mol. The van der Waals surface area contributed by atoms with Gasteiger partial charge in [0.25, 0.3) is 0 Å². The van der Waals surface area contributed by atoms with Crippen molar-refractivity contribution in [2.24, 2.45) is 0 Å². The number of halogens is 3. The van der Waals surface area contributed by atoms with Gasteiger partial charge in [0.05, 0.1) is 5.69 Å². The third-order valence-electron chi connectivity index (χ3n) is 2.26. The quantitative estimate of drug-likeness (QED) is 0.833. The zero-order valence-corrected chi connectivity index (χ0v) is 9.04. The summed E-state index contributed by atoms with van der Waals surface area (Å²) in [7, 11) is 1.75. The van der Waals surface area contributed by atoms with Crippen molar-refractivity contribution in [1.82, 2.24) is 15.1 Å². The Hall–Kier alpha value is -1.82. The Bertz CT molecular complexity index is 537. The number of nitrogens with one attached hydrogen (secondary N) is 1. The topological polar surface area (TPSA) is 29.9 Å². The van der Waals surface area contributed by atoms with Gasteiger partial charge in [-0.3, -0.25) is 0 Å². The number of aromatic nitrogens is 2. The summed E-state index contributed by atoms with van der Waals surface area (Å²) in [6, 6.07) is 3.67. The first-order valence-electron chi connectivity index (χ1n) is 4.96. The highest BCUT2D eigenvalue weighted by Gasteiger charge is 2.15. The molecule has 0 aliphatic carbocycles. The van der Waals surface area contributed by atoms with E-state index >= 15 is 0 Å². The van der Waals surface area contributed by atoms with Gasteiger partial charge in [-0.05, 0) is 25.2 Å². The van der Waals surface area contributed by atoms with E-state index in [4.69, 9.17) is 0 Å². The lowest BCUT2D eigenvalue weighted by atomic mass is 10.3. The fraction of sp³-hybridized carbons (Fsp3) is 0.182. The standard InChI is InChI=1S/C11H10F3N3/c1-15-6-7-4-5-17(16-7)9-3-2-8(12)10(13)11(9)14/h2-5,15H,6H2,1H3. The van der Waals surface area contributed by atoms with Crippen LogP contribution in [0.15, 0.2) is 24.4 Å². The van der Waals surface area contributed by atoms with E-state index in [1.165, 1.54) is 10.9 Å². The van der Waals surface area contributed by atoms with Gasteiger partial charge >= 0.3 is 0 Å². The van der Waals surface area contributed by atoms with Crippen LogP contribution < -0.4 is 5.32 Å². The number of hydrogen-bond donors (Lipinski definition) is 1. The highest BCUT2D eigenvalue weighted by Crippen LogP contribution is 2.18. The van der Waals surface area contributed by atoms with Crippen molar-refractivity contribution in [3.05, 3.63) is 47.5 Å². The number of nitrogens with zero attached hydrogens (tertiary/aromatic N) is 2. The minimum atomic E-state index is -1.49. The van der Waals surface area contributed by atoms with E-state index in [2.05, 4.69) is 10.4 Å². The Morgan fingerprint density at radius 3 is 2.65 bits per heavy atom. The molecular formula is C11H10F3N3. The molecule has 1 N–H and O–H groups in total. The van der Waals surface area contributed by atoms with Crippen LogP contribution in [0.4, 0.5) is 13.2 Å². The highest BCUT2D eigenvalue weighted by molar-refractivity contribution is 5.34. The van der Waals surface area contributed by atoms with Crippen molar-refractivity contribution in [1.29, 1.82) is 0 Å². The van der Waals surface area contributed by atoms with E-state index in [1.54, 1.807) is 13.1 Å². The highest BCUT2D eigenvalue weighted by atomic mass is 19.2. The summed E-state index contributed by atoms with van der Waals surface area (Å²) < 4.78 is 40.4.